The van der Waals surface area contributed by atoms with E-state index in [0.29, 0.717) is 5.56 Å². The van der Waals surface area contributed by atoms with Gasteiger partial charge in [-0.05, 0) is 30.5 Å². The van der Waals surface area contributed by atoms with Gasteiger partial charge in [-0.2, -0.15) is 13.2 Å². The van der Waals surface area contributed by atoms with E-state index in [1.807, 2.05) is 0 Å². The highest BCUT2D eigenvalue weighted by molar-refractivity contribution is 7.89. The Morgan fingerprint density at radius 1 is 1.20 bits per heavy atom. The molecule has 20 heavy (non-hydrogen) atoms. The van der Waals surface area contributed by atoms with Crippen LogP contribution in [0.3, 0.4) is 0 Å². The van der Waals surface area contributed by atoms with Crippen LogP contribution in [0.2, 0.25) is 0 Å². The highest BCUT2D eigenvalue weighted by Gasteiger charge is 2.25. The lowest BCUT2D eigenvalue weighted by Gasteiger charge is -2.08. The number of rotatable bonds is 7. The van der Waals surface area contributed by atoms with Crippen molar-refractivity contribution in [3.63, 3.8) is 0 Å². The lowest BCUT2D eigenvalue weighted by molar-refractivity contribution is -0.135. The van der Waals surface area contributed by atoms with Crippen molar-refractivity contribution in [1.29, 1.82) is 0 Å². The number of hydrogen-bond acceptors (Lipinski definition) is 3. The Labute approximate surface area is 115 Å². The number of unbranched alkanes of at least 4 members (excludes halogenated alkanes) is 1. The normalized spacial score (nSPS) is 12.6. The molecule has 0 saturated heterocycles. The molecular weight excluding hydrogens is 295 g/mol. The standard InChI is InChI=1S/C12H16F3NO3S/c13-12(14,15)6-1-2-7-16-20(18,19)11-5-3-4-10(8-11)9-17/h3-5,8,16-17H,1-2,6-7,9H2. The lowest BCUT2D eigenvalue weighted by atomic mass is 10.2. The van der Waals surface area contributed by atoms with E-state index in [1.165, 1.54) is 18.2 Å². The Balaban J connectivity index is 2.49. The van der Waals surface area contributed by atoms with Crippen molar-refractivity contribution in [3.8, 4) is 0 Å². The van der Waals surface area contributed by atoms with Crippen molar-refractivity contribution in [2.75, 3.05) is 6.54 Å². The van der Waals surface area contributed by atoms with Crippen LogP contribution < -0.4 is 4.72 Å². The summed E-state index contributed by atoms with van der Waals surface area (Å²) in [5.41, 5.74) is 0.449. The second-order valence-electron chi connectivity index (χ2n) is 4.28. The third kappa shape index (κ3) is 5.89. The molecule has 0 spiro atoms. The third-order valence-corrected chi connectivity index (χ3v) is 4.03. The van der Waals surface area contributed by atoms with Gasteiger partial charge in [-0.25, -0.2) is 13.1 Å². The molecule has 0 atom stereocenters. The fourth-order valence-corrected chi connectivity index (χ4v) is 2.70. The van der Waals surface area contributed by atoms with Gasteiger partial charge in [0.05, 0.1) is 11.5 Å². The van der Waals surface area contributed by atoms with E-state index in [9.17, 15) is 21.6 Å². The first-order valence-corrected chi connectivity index (χ1v) is 7.49. The van der Waals surface area contributed by atoms with Crippen LogP contribution in [0.4, 0.5) is 13.2 Å². The molecule has 0 unspecified atom stereocenters. The molecule has 0 aliphatic carbocycles. The summed E-state index contributed by atoms with van der Waals surface area (Å²) in [5, 5.41) is 8.93. The quantitative estimate of drug-likeness (QED) is 0.759. The van der Waals surface area contributed by atoms with Gasteiger partial charge < -0.3 is 5.11 Å². The maximum atomic E-state index is 11.9. The molecule has 2 N–H and O–H groups in total. The van der Waals surface area contributed by atoms with E-state index in [4.69, 9.17) is 5.11 Å². The molecule has 0 aliphatic rings. The molecule has 0 aliphatic heterocycles. The first-order chi connectivity index (χ1) is 9.24. The van der Waals surface area contributed by atoms with E-state index in [-0.39, 0.29) is 30.9 Å². The second kappa shape index (κ2) is 7.05. The summed E-state index contributed by atoms with van der Waals surface area (Å²) in [6, 6.07) is 5.74. The number of aliphatic hydroxyl groups is 1. The van der Waals surface area contributed by atoms with Gasteiger partial charge in [0.25, 0.3) is 0 Å². The minimum Gasteiger partial charge on any atom is -0.392 e. The zero-order chi connectivity index (χ0) is 15.2. The fourth-order valence-electron chi connectivity index (χ4n) is 1.55. The van der Waals surface area contributed by atoms with Crippen LogP contribution in [0, 0.1) is 0 Å². The van der Waals surface area contributed by atoms with Gasteiger partial charge in [0.15, 0.2) is 0 Å². The van der Waals surface area contributed by atoms with Crippen molar-refractivity contribution in [2.24, 2.45) is 0 Å². The molecule has 1 rings (SSSR count). The molecular formula is C12H16F3NO3S. The molecule has 0 fully saturated rings. The molecule has 0 aromatic heterocycles. The average Bonchev–Trinajstić information content (AvgIpc) is 2.37. The third-order valence-electron chi connectivity index (χ3n) is 2.57. The number of hydrogen-bond donors (Lipinski definition) is 2. The van der Waals surface area contributed by atoms with Crippen molar-refractivity contribution in [1.82, 2.24) is 4.72 Å². The minimum atomic E-state index is -4.21. The molecule has 1 aromatic carbocycles. The Hall–Kier alpha value is -1.12. The number of halogens is 3. The van der Waals surface area contributed by atoms with Crippen LogP contribution in [0.5, 0.6) is 0 Å². The number of benzene rings is 1. The van der Waals surface area contributed by atoms with Crippen LogP contribution >= 0.6 is 0 Å². The smallest absolute Gasteiger partial charge is 0.389 e. The highest BCUT2D eigenvalue weighted by Crippen LogP contribution is 2.22. The van der Waals surface area contributed by atoms with Gasteiger partial charge in [-0.1, -0.05) is 12.1 Å². The maximum Gasteiger partial charge on any atom is 0.389 e. The Morgan fingerprint density at radius 3 is 2.50 bits per heavy atom. The van der Waals surface area contributed by atoms with Gasteiger partial charge in [-0.15, -0.1) is 0 Å². The summed E-state index contributed by atoms with van der Waals surface area (Å²) in [6.07, 6.45) is -5.15. The monoisotopic (exact) mass is 311 g/mol. The van der Waals surface area contributed by atoms with Crippen molar-refractivity contribution in [2.45, 2.75) is 36.9 Å². The van der Waals surface area contributed by atoms with Crippen LogP contribution in [0.25, 0.3) is 0 Å². The van der Waals surface area contributed by atoms with Crippen molar-refractivity contribution < 1.29 is 26.7 Å². The Morgan fingerprint density at radius 2 is 1.90 bits per heavy atom. The summed E-state index contributed by atoms with van der Waals surface area (Å²) in [6.45, 7) is -0.337. The van der Waals surface area contributed by atoms with Crippen LogP contribution in [-0.4, -0.2) is 26.2 Å². The summed E-state index contributed by atoms with van der Waals surface area (Å²) in [7, 11) is -3.75. The van der Waals surface area contributed by atoms with E-state index in [0.717, 1.165) is 0 Å². The number of nitrogens with one attached hydrogen (secondary N) is 1. The first-order valence-electron chi connectivity index (χ1n) is 6.01. The maximum absolute atomic E-state index is 11.9. The summed E-state index contributed by atoms with van der Waals surface area (Å²) in [5.74, 6) is 0. The van der Waals surface area contributed by atoms with Crippen molar-refractivity contribution in [3.05, 3.63) is 29.8 Å². The molecule has 8 heteroatoms. The van der Waals surface area contributed by atoms with Crippen LogP contribution in [-0.2, 0) is 16.6 Å². The Kier molecular flexibility index (Phi) is 5.97. The molecule has 114 valence electrons. The number of aliphatic hydroxyl groups excluding tert-OH is 1. The van der Waals surface area contributed by atoms with Crippen LogP contribution in [0.15, 0.2) is 29.2 Å². The molecule has 0 saturated carbocycles. The van der Waals surface area contributed by atoms with Crippen molar-refractivity contribution >= 4 is 10.0 Å². The van der Waals surface area contributed by atoms with E-state index in [2.05, 4.69) is 4.72 Å². The SMILES string of the molecule is O=S(=O)(NCCCCC(F)(F)F)c1cccc(CO)c1. The van der Waals surface area contributed by atoms with Gasteiger partial charge in [0.2, 0.25) is 10.0 Å². The second-order valence-corrected chi connectivity index (χ2v) is 6.04. The molecule has 0 heterocycles. The predicted molar refractivity (Wildman–Crippen MR) is 67.5 cm³/mol. The average molecular weight is 311 g/mol. The first kappa shape index (κ1) is 16.9. The fraction of sp³-hybridized carbons (Fsp3) is 0.500. The summed E-state index contributed by atoms with van der Waals surface area (Å²) in [4.78, 5) is -0.0140. The number of alkyl halides is 3. The number of sulfonamides is 1. The molecule has 0 bridgehead atoms. The van der Waals surface area contributed by atoms with Gasteiger partial charge in [0.1, 0.15) is 0 Å². The van der Waals surface area contributed by atoms with Gasteiger partial charge >= 0.3 is 6.18 Å². The van der Waals surface area contributed by atoms with Crippen LogP contribution in [0.1, 0.15) is 24.8 Å². The van der Waals surface area contributed by atoms with E-state index in [1.54, 1.807) is 6.07 Å². The zero-order valence-corrected chi connectivity index (χ0v) is 11.5. The molecule has 0 amide bonds. The minimum absolute atomic E-state index is 0.0140. The largest absolute Gasteiger partial charge is 0.392 e. The summed E-state index contributed by atoms with van der Waals surface area (Å²) >= 11 is 0. The molecule has 0 radical (unpaired) electrons. The van der Waals surface area contributed by atoms with E-state index >= 15 is 0 Å². The predicted octanol–water partition coefficient (Wildman–Crippen LogP) is 2.19. The zero-order valence-electron chi connectivity index (χ0n) is 10.7. The summed E-state index contributed by atoms with van der Waals surface area (Å²) < 4.78 is 61.6. The molecule has 1 aromatic rings. The Bertz CT molecular complexity index is 529. The van der Waals surface area contributed by atoms with Gasteiger partial charge in [-0.3, -0.25) is 0 Å². The lowest BCUT2D eigenvalue weighted by Crippen LogP contribution is -2.25. The highest BCUT2D eigenvalue weighted by atomic mass is 32.2. The topological polar surface area (TPSA) is 66.4 Å². The molecule has 4 nitrogen and oxygen atoms in total. The van der Waals surface area contributed by atoms with Gasteiger partial charge in [0, 0.05) is 13.0 Å². The van der Waals surface area contributed by atoms with E-state index < -0.39 is 22.6 Å².